The Bertz CT molecular complexity index is 1550. The second kappa shape index (κ2) is 20.3. The number of ether oxygens (including phenoxy) is 1. The molecule has 252 valence electrons. The van der Waals surface area contributed by atoms with Gasteiger partial charge in [0.2, 0.25) is 11.8 Å². The van der Waals surface area contributed by atoms with Crippen molar-refractivity contribution in [1.29, 1.82) is 0 Å². The van der Waals surface area contributed by atoms with E-state index in [1.54, 1.807) is 6.92 Å². The van der Waals surface area contributed by atoms with E-state index >= 15 is 0 Å². The lowest BCUT2D eigenvalue weighted by molar-refractivity contribution is -0.147. The minimum absolute atomic E-state index is 0.0193. The van der Waals surface area contributed by atoms with E-state index in [1.165, 1.54) is 6.92 Å². The molecule has 0 aromatic heterocycles. The summed E-state index contributed by atoms with van der Waals surface area (Å²) in [6.07, 6.45) is 2.25. The van der Waals surface area contributed by atoms with Crippen LogP contribution in [0.25, 0.3) is 0 Å². The third kappa shape index (κ3) is 13.4. The number of hydrogen-bond acceptors (Lipinski definition) is 5. The van der Waals surface area contributed by atoms with E-state index in [0.29, 0.717) is 32.3 Å². The van der Waals surface area contributed by atoms with E-state index in [-0.39, 0.29) is 29.4 Å². The van der Waals surface area contributed by atoms with Crippen LogP contribution >= 0.6 is 0 Å². The molecule has 0 saturated heterocycles. The number of nitrogens with one attached hydrogen (secondary N) is 2. The van der Waals surface area contributed by atoms with E-state index in [4.69, 9.17) is 4.74 Å². The van der Waals surface area contributed by atoms with Gasteiger partial charge < -0.3 is 15.4 Å². The first-order valence-corrected chi connectivity index (χ1v) is 16.6. The molecule has 7 nitrogen and oxygen atoms in total. The van der Waals surface area contributed by atoms with Crippen LogP contribution in [0.2, 0.25) is 0 Å². The van der Waals surface area contributed by atoms with Gasteiger partial charge in [-0.3, -0.25) is 14.4 Å². The Morgan fingerprint density at radius 2 is 0.833 bits per heavy atom. The molecule has 7 heteroatoms. The maximum Gasteiger partial charge on any atom is 0.328 e. The summed E-state index contributed by atoms with van der Waals surface area (Å²) in [7, 11) is 0. The number of hydrogen-bond donors (Lipinski definition) is 2. The zero-order chi connectivity index (χ0) is 34.7. The normalized spacial score (nSPS) is 13.0. The number of esters is 1. The van der Waals surface area contributed by atoms with Crippen molar-refractivity contribution in [3.05, 3.63) is 144 Å². The SMILES string of the molecule is CC(=O)C(Cc1ccccc1)NC(=O)C(C)Cc1ccccc1.CCOC(=O)[C@H](Cc1ccccc1)NC(=O)C(C)Cc1ccccc1. The van der Waals surface area contributed by atoms with Crippen LogP contribution in [0.3, 0.4) is 0 Å². The lowest BCUT2D eigenvalue weighted by Crippen LogP contribution is -2.45. The number of benzene rings is 4. The van der Waals surface area contributed by atoms with E-state index in [2.05, 4.69) is 10.6 Å². The number of Topliss-reactive ketones (excluding diaryl/α,β-unsaturated/α-hetero) is 1. The van der Waals surface area contributed by atoms with Crippen molar-refractivity contribution in [2.45, 2.75) is 65.5 Å². The highest BCUT2D eigenvalue weighted by atomic mass is 16.5. The predicted octanol–water partition coefficient (Wildman–Crippen LogP) is 6.34. The Kier molecular flexibility index (Phi) is 15.8. The fraction of sp³-hybridized carbons (Fsp3) is 0.317. The number of amides is 2. The quantitative estimate of drug-likeness (QED) is 0.147. The fourth-order valence-electron chi connectivity index (χ4n) is 5.18. The Hall–Kier alpha value is -5.04. The van der Waals surface area contributed by atoms with Crippen LogP contribution in [0, 0.1) is 11.8 Å². The van der Waals surface area contributed by atoms with Crippen LogP contribution in [0.4, 0.5) is 0 Å². The van der Waals surface area contributed by atoms with Crippen LogP contribution < -0.4 is 10.6 Å². The molecule has 0 aliphatic rings. The van der Waals surface area contributed by atoms with Gasteiger partial charge in [0, 0.05) is 18.3 Å². The van der Waals surface area contributed by atoms with Gasteiger partial charge in [0.15, 0.2) is 5.78 Å². The van der Waals surface area contributed by atoms with Gasteiger partial charge in [-0.05, 0) is 55.4 Å². The van der Waals surface area contributed by atoms with Crippen molar-refractivity contribution < 1.29 is 23.9 Å². The molecule has 0 fully saturated rings. The molecular weight excluding hydrogens is 600 g/mol. The highest BCUT2D eigenvalue weighted by Gasteiger charge is 2.25. The van der Waals surface area contributed by atoms with E-state index < -0.39 is 18.1 Å². The first kappa shape index (κ1) is 37.4. The minimum atomic E-state index is -0.673. The number of carbonyl (C=O) groups excluding carboxylic acids is 4. The molecule has 2 amide bonds. The molecule has 2 N–H and O–H groups in total. The average Bonchev–Trinajstić information content (AvgIpc) is 3.09. The molecule has 4 aromatic rings. The highest BCUT2D eigenvalue weighted by molar-refractivity contribution is 5.88. The van der Waals surface area contributed by atoms with Gasteiger partial charge in [0.05, 0.1) is 12.6 Å². The minimum Gasteiger partial charge on any atom is -0.464 e. The molecule has 0 spiro atoms. The Labute approximate surface area is 285 Å². The Morgan fingerprint density at radius 1 is 0.521 bits per heavy atom. The molecule has 0 aliphatic heterocycles. The number of carbonyl (C=O) groups is 4. The van der Waals surface area contributed by atoms with Crippen LogP contribution in [-0.4, -0.2) is 42.3 Å². The predicted molar refractivity (Wildman–Crippen MR) is 190 cm³/mol. The molecule has 4 atom stereocenters. The van der Waals surface area contributed by atoms with Crippen molar-refractivity contribution in [1.82, 2.24) is 10.6 Å². The standard InChI is InChI=1S/C21H25NO3.C20H23NO2/c1-3-25-21(24)19(15-18-12-8-5-9-13-18)22-20(23)16(2)14-17-10-6-4-7-11-17;1-15(13-17-9-5-3-6-10-17)20(23)21-19(16(2)22)14-18-11-7-4-8-12-18/h4-13,16,19H,3,14-15H2,1-2H3,(H,22,23);3-12,15,19H,13-14H2,1-2H3,(H,21,23)/t16?,19-;/m0./s1. The lowest BCUT2D eigenvalue weighted by atomic mass is 9.98. The molecule has 48 heavy (non-hydrogen) atoms. The van der Waals surface area contributed by atoms with Gasteiger partial charge in [-0.1, -0.05) is 135 Å². The van der Waals surface area contributed by atoms with Crippen LogP contribution in [-0.2, 0) is 49.6 Å². The maximum atomic E-state index is 12.5. The molecule has 0 radical (unpaired) electrons. The van der Waals surface area contributed by atoms with Crippen LogP contribution in [0.5, 0.6) is 0 Å². The highest BCUT2D eigenvalue weighted by Crippen LogP contribution is 2.12. The summed E-state index contributed by atoms with van der Waals surface area (Å²) in [6.45, 7) is 7.34. The van der Waals surface area contributed by atoms with Crippen molar-refractivity contribution in [3.8, 4) is 0 Å². The summed E-state index contributed by atoms with van der Waals surface area (Å²) in [5.74, 6) is -1.03. The Morgan fingerprint density at radius 3 is 1.17 bits per heavy atom. The zero-order valence-electron chi connectivity index (χ0n) is 28.4. The van der Waals surface area contributed by atoms with Crippen LogP contribution in [0.1, 0.15) is 49.9 Å². The molecule has 4 aromatic carbocycles. The average molecular weight is 649 g/mol. The maximum absolute atomic E-state index is 12.5. The van der Waals surface area contributed by atoms with Crippen LogP contribution in [0.15, 0.2) is 121 Å². The summed E-state index contributed by atoms with van der Waals surface area (Å²) in [6, 6.07) is 38.0. The molecule has 0 aliphatic carbocycles. The summed E-state index contributed by atoms with van der Waals surface area (Å²) >= 11 is 0. The van der Waals surface area contributed by atoms with Gasteiger partial charge in [-0.15, -0.1) is 0 Å². The Balaban J connectivity index is 0.000000261. The van der Waals surface area contributed by atoms with E-state index in [9.17, 15) is 19.2 Å². The zero-order valence-corrected chi connectivity index (χ0v) is 28.4. The number of rotatable bonds is 15. The second-order valence-electron chi connectivity index (χ2n) is 12.0. The molecule has 3 unspecified atom stereocenters. The van der Waals surface area contributed by atoms with Gasteiger partial charge in [0.1, 0.15) is 6.04 Å². The summed E-state index contributed by atoms with van der Waals surface area (Å²) in [4.78, 5) is 49.0. The summed E-state index contributed by atoms with van der Waals surface area (Å²) < 4.78 is 5.12. The molecule has 4 rings (SSSR count). The van der Waals surface area contributed by atoms with E-state index in [1.807, 2.05) is 135 Å². The van der Waals surface area contributed by atoms with Crippen molar-refractivity contribution in [2.24, 2.45) is 11.8 Å². The number of ketones is 1. The van der Waals surface area contributed by atoms with Gasteiger partial charge in [-0.25, -0.2) is 4.79 Å². The largest absolute Gasteiger partial charge is 0.464 e. The molecule has 0 bridgehead atoms. The fourth-order valence-corrected chi connectivity index (χ4v) is 5.18. The summed E-state index contributed by atoms with van der Waals surface area (Å²) in [5.41, 5.74) is 4.25. The van der Waals surface area contributed by atoms with Gasteiger partial charge in [0.25, 0.3) is 0 Å². The first-order chi connectivity index (χ1) is 23.2. The van der Waals surface area contributed by atoms with Crippen molar-refractivity contribution in [2.75, 3.05) is 6.61 Å². The summed E-state index contributed by atoms with van der Waals surface area (Å²) in [5, 5.41) is 5.75. The first-order valence-electron chi connectivity index (χ1n) is 16.6. The van der Waals surface area contributed by atoms with Crippen molar-refractivity contribution in [3.63, 3.8) is 0 Å². The monoisotopic (exact) mass is 648 g/mol. The third-order valence-corrected chi connectivity index (χ3v) is 7.92. The molecular formula is C41H48N2O5. The van der Waals surface area contributed by atoms with Gasteiger partial charge >= 0.3 is 5.97 Å². The van der Waals surface area contributed by atoms with E-state index in [0.717, 1.165) is 22.3 Å². The second-order valence-corrected chi connectivity index (χ2v) is 12.0. The molecule has 0 heterocycles. The molecule has 0 saturated carbocycles. The smallest absolute Gasteiger partial charge is 0.328 e. The lowest BCUT2D eigenvalue weighted by Gasteiger charge is -2.20. The van der Waals surface area contributed by atoms with Gasteiger partial charge in [-0.2, -0.15) is 0 Å². The van der Waals surface area contributed by atoms with Crippen molar-refractivity contribution >= 4 is 23.6 Å². The topological polar surface area (TPSA) is 102 Å². The third-order valence-electron chi connectivity index (χ3n) is 7.92.